The molecule has 0 radical (unpaired) electrons. The molecule has 1 aliphatic rings. The first-order valence-corrected chi connectivity index (χ1v) is 5.38. The molecule has 2 nitrogen and oxygen atoms in total. The highest BCUT2D eigenvalue weighted by Crippen LogP contribution is 2.16. The van der Waals surface area contributed by atoms with E-state index in [2.05, 4.69) is 30.2 Å². The van der Waals surface area contributed by atoms with E-state index in [4.69, 9.17) is 0 Å². The molecule has 1 fully saturated rings. The molecule has 0 aromatic carbocycles. The van der Waals surface area contributed by atoms with Gasteiger partial charge in [-0.15, -0.1) is 0 Å². The smallest absolute Gasteiger partial charge is 0.0401 e. The third-order valence-electron chi connectivity index (χ3n) is 3.08. The first-order valence-electron chi connectivity index (χ1n) is 5.38. The molecule has 14 heavy (non-hydrogen) atoms. The van der Waals surface area contributed by atoms with Crippen LogP contribution in [-0.2, 0) is 6.42 Å². The zero-order valence-corrected chi connectivity index (χ0v) is 9.01. The molecule has 1 aromatic rings. The largest absolute Gasteiger partial charge is 0.316 e. The van der Waals surface area contributed by atoms with Gasteiger partial charge in [0, 0.05) is 11.9 Å². The Labute approximate surface area is 85.7 Å². The molecule has 0 amide bonds. The van der Waals surface area contributed by atoms with Crippen molar-refractivity contribution in [1.82, 2.24) is 10.3 Å². The van der Waals surface area contributed by atoms with Crippen LogP contribution in [0.4, 0.5) is 0 Å². The van der Waals surface area contributed by atoms with Crippen molar-refractivity contribution in [2.75, 3.05) is 13.1 Å². The van der Waals surface area contributed by atoms with Gasteiger partial charge in [-0.25, -0.2) is 0 Å². The highest BCUT2D eigenvalue weighted by Gasteiger charge is 2.14. The van der Waals surface area contributed by atoms with Crippen LogP contribution in [0.25, 0.3) is 0 Å². The number of rotatable bonds is 2. The molecule has 2 rings (SSSR count). The van der Waals surface area contributed by atoms with E-state index < -0.39 is 0 Å². The van der Waals surface area contributed by atoms with Gasteiger partial charge >= 0.3 is 0 Å². The second-order valence-electron chi connectivity index (χ2n) is 4.31. The fourth-order valence-corrected chi connectivity index (χ4v) is 2.03. The van der Waals surface area contributed by atoms with Crippen molar-refractivity contribution in [3.05, 3.63) is 29.1 Å². The third kappa shape index (κ3) is 2.13. The molecule has 76 valence electrons. The number of aryl methyl sites for hydroxylation is 2. The maximum Gasteiger partial charge on any atom is 0.0401 e. The monoisotopic (exact) mass is 190 g/mol. The third-order valence-corrected chi connectivity index (χ3v) is 3.08. The van der Waals surface area contributed by atoms with Gasteiger partial charge in [0.2, 0.25) is 0 Å². The van der Waals surface area contributed by atoms with Crippen LogP contribution in [0.2, 0.25) is 0 Å². The topological polar surface area (TPSA) is 24.9 Å². The predicted molar refractivity (Wildman–Crippen MR) is 58.4 cm³/mol. The summed E-state index contributed by atoms with van der Waals surface area (Å²) in [5.74, 6) is 0.818. The Kier molecular flexibility index (Phi) is 2.82. The average molecular weight is 190 g/mol. The molecule has 2 heteroatoms. The molecule has 1 aromatic heterocycles. The van der Waals surface area contributed by atoms with Crippen LogP contribution in [0.3, 0.4) is 0 Å². The average Bonchev–Trinajstić information content (AvgIpc) is 2.64. The first kappa shape index (κ1) is 9.66. The normalized spacial score (nSPS) is 21.4. The minimum Gasteiger partial charge on any atom is -0.316 e. The minimum atomic E-state index is 0.818. The van der Waals surface area contributed by atoms with Crippen molar-refractivity contribution in [3.63, 3.8) is 0 Å². The highest BCUT2D eigenvalue weighted by molar-refractivity contribution is 5.23. The van der Waals surface area contributed by atoms with Crippen LogP contribution in [0.5, 0.6) is 0 Å². The molecule has 1 atom stereocenters. The number of hydrogen-bond donors (Lipinski definition) is 1. The van der Waals surface area contributed by atoms with Gasteiger partial charge in [-0.3, -0.25) is 4.98 Å². The zero-order chi connectivity index (χ0) is 9.97. The van der Waals surface area contributed by atoms with Crippen molar-refractivity contribution in [2.45, 2.75) is 26.7 Å². The molecule has 0 aliphatic carbocycles. The molecular weight excluding hydrogens is 172 g/mol. The van der Waals surface area contributed by atoms with Crippen LogP contribution >= 0.6 is 0 Å². The Hall–Kier alpha value is -0.890. The van der Waals surface area contributed by atoms with Crippen molar-refractivity contribution in [1.29, 1.82) is 0 Å². The summed E-state index contributed by atoms with van der Waals surface area (Å²) >= 11 is 0. The standard InChI is InChI=1S/C12H18N2/c1-9-5-12(8-14-10(9)2)6-11-3-4-13-7-11/h5,8,11,13H,3-4,6-7H2,1-2H3. The fraction of sp³-hybridized carbons (Fsp3) is 0.583. The number of hydrogen-bond acceptors (Lipinski definition) is 2. The summed E-state index contributed by atoms with van der Waals surface area (Å²) in [5.41, 5.74) is 3.86. The van der Waals surface area contributed by atoms with E-state index in [9.17, 15) is 0 Å². The Morgan fingerprint density at radius 1 is 1.50 bits per heavy atom. The second kappa shape index (κ2) is 4.09. The lowest BCUT2D eigenvalue weighted by Gasteiger charge is -2.09. The summed E-state index contributed by atoms with van der Waals surface area (Å²) in [6.45, 7) is 6.56. The molecule has 1 saturated heterocycles. The lowest BCUT2D eigenvalue weighted by Crippen LogP contribution is -2.11. The molecule has 2 heterocycles. The summed E-state index contributed by atoms with van der Waals surface area (Å²) in [5, 5.41) is 3.40. The van der Waals surface area contributed by atoms with E-state index >= 15 is 0 Å². The van der Waals surface area contributed by atoms with Crippen LogP contribution in [0.1, 0.15) is 23.2 Å². The van der Waals surface area contributed by atoms with Gasteiger partial charge in [-0.1, -0.05) is 6.07 Å². The summed E-state index contributed by atoms with van der Waals surface area (Å²) < 4.78 is 0. The minimum absolute atomic E-state index is 0.818. The Balaban J connectivity index is 2.05. The molecule has 0 bridgehead atoms. The molecule has 1 aliphatic heterocycles. The van der Waals surface area contributed by atoms with Crippen molar-refractivity contribution in [3.8, 4) is 0 Å². The van der Waals surface area contributed by atoms with E-state index in [0.29, 0.717) is 0 Å². The predicted octanol–water partition coefficient (Wildman–Crippen LogP) is 1.85. The van der Waals surface area contributed by atoms with Gasteiger partial charge in [0.1, 0.15) is 0 Å². The first-order chi connectivity index (χ1) is 6.75. The van der Waals surface area contributed by atoms with Crippen LogP contribution < -0.4 is 5.32 Å². The van der Waals surface area contributed by atoms with E-state index in [1.807, 2.05) is 6.20 Å². The molecule has 1 N–H and O–H groups in total. The van der Waals surface area contributed by atoms with Crippen molar-refractivity contribution in [2.24, 2.45) is 5.92 Å². The number of aromatic nitrogens is 1. The van der Waals surface area contributed by atoms with Gasteiger partial charge in [-0.2, -0.15) is 0 Å². The number of nitrogens with zero attached hydrogens (tertiary/aromatic N) is 1. The van der Waals surface area contributed by atoms with Crippen LogP contribution in [0, 0.1) is 19.8 Å². The van der Waals surface area contributed by atoms with Gasteiger partial charge < -0.3 is 5.32 Å². The summed E-state index contributed by atoms with van der Waals surface area (Å²) in [6, 6.07) is 2.28. The number of pyridine rings is 1. The second-order valence-corrected chi connectivity index (χ2v) is 4.31. The molecule has 0 saturated carbocycles. The maximum atomic E-state index is 4.40. The fourth-order valence-electron chi connectivity index (χ4n) is 2.03. The van der Waals surface area contributed by atoms with E-state index in [-0.39, 0.29) is 0 Å². The summed E-state index contributed by atoms with van der Waals surface area (Å²) in [4.78, 5) is 4.40. The Morgan fingerprint density at radius 2 is 2.36 bits per heavy atom. The lowest BCUT2D eigenvalue weighted by atomic mass is 9.99. The molecular formula is C12H18N2. The quantitative estimate of drug-likeness (QED) is 0.770. The van der Waals surface area contributed by atoms with Crippen LogP contribution in [0.15, 0.2) is 12.3 Å². The number of nitrogens with one attached hydrogen (secondary N) is 1. The van der Waals surface area contributed by atoms with Crippen molar-refractivity contribution >= 4 is 0 Å². The van der Waals surface area contributed by atoms with Gasteiger partial charge in [0.05, 0.1) is 0 Å². The van der Waals surface area contributed by atoms with E-state index in [1.54, 1.807) is 0 Å². The van der Waals surface area contributed by atoms with Gasteiger partial charge in [0.25, 0.3) is 0 Å². The van der Waals surface area contributed by atoms with Gasteiger partial charge in [0.15, 0.2) is 0 Å². The van der Waals surface area contributed by atoms with Crippen molar-refractivity contribution < 1.29 is 0 Å². The SMILES string of the molecule is Cc1cc(CC2CCNC2)cnc1C. The summed E-state index contributed by atoms with van der Waals surface area (Å²) in [7, 11) is 0. The van der Waals surface area contributed by atoms with E-state index in [1.165, 1.54) is 37.1 Å². The highest BCUT2D eigenvalue weighted by atomic mass is 14.9. The van der Waals surface area contributed by atoms with Crippen LogP contribution in [-0.4, -0.2) is 18.1 Å². The zero-order valence-electron chi connectivity index (χ0n) is 9.01. The maximum absolute atomic E-state index is 4.40. The van der Waals surface area contributed by atoms with E-state index in [0.717, 1.165) is 11.6 Å². The summed E-state index contributed by atoms with van der Waals surface area (Å²) in [6.07, 6.45) is 4.52. The Bertz CT molecular complexity index is 314. The van der Waals surface area contributed by atoms with Gasteiger partial charge in [-0.05, 0) is 56.8 Å². The molecule has 1 unspecified atom stereocenters. The molecule has 0 spiro atoms. The lowest BCUT2D eigenvalue weighted by molar-refractivity contribution is 0.578. The Morgan fingerprint density at radius 3 is 3.00 bits per heavy atom.